The van der Waals surface area contributed by atoms with Gasteiger partial charge in [-0.3, -0.25) is 0 Å². The average molecular weight is 511 g/mol. The molecule has 4 heterocycles. The first kappa shape index (κ1) is 27.4. The first-order chi connectivity index (χ1) is 18.6. The Labute approximate surface area is 225 Å². The molecule has 0 bridgehead atoms. The van der Waals surface area contributed by atoms with Crippen molar-refractivity contribution in [2.45, 2.75) is 91.4 Å². The molecule has 0 aliphatic rings. The fourth-order valence-corrected chi connectivity index (χ4v) is 4.24. The molecule has 0 aliphatic carbocycles. The molecule has 0 spiro atoms. The molecule has 0 aliphatic heterocycles. The van der Waals surface area contributed by atoms with E-state index in [0.717, 1.165) is 29.5 Å². The van der Waals surface area contributed by atoms with Gasteiger partial charge in [-0.15, -0.1) is 0 Å². The Bertz CT molecular complexity index is 1190. The van der Waals surface area contributed by atoms with Crippen LogP contribution in [0.3, 0.4) is 0 Å². The highest BCUT2D eigenvalue weighted by molar-refractivity contribution is 5.63. The molecule has 8 nitrogen and oxygen atoms in total. The lowest BCUT2D eigenvalue weighted by Gasteiger charge is -2.07. The Hall–Kier alpha value is -3.68. The van der Waals surface area contributed by atoms with Crippen molar-refractivity contribution in [2.75, 3.05) is 0 Å². The maximum Gasteiger partial charge on any atom is 0.199 e. The number of nitrogens with zero attached hydrogens (tertiary/aromatic N) is 8. The van der Waals surface area contributed by atoms with Crippen LogP contribution in [0.1, 0.15) is 87.8 Å². The van der Waals surface area contributed by atoms with Crippen molar-refractivity contribution in [2.24, 2.45) is 0 Å². The quantitative estimate of drug-likeness (QED) is 0.168. The van der Waals surface area contributed by atoms with E-state index in [2.05, 4.69) is 46.8 Å². The second kappa shape index (κ2) is 14.3. The Morgan fingerprint density at radius 1 is 0.474 bits per heavy atom. The van der Waals surface area contributed by atoms with Crippen LogP contribution in [0.2, 0.25) is 0 Å². The van der Waals surface area contributed by atoms with Crippen LogP contribution in [0.25, 0.3) is 34.7 Å². The molecule has 4 rings (SSSR count). The second-order valence-corrected chi connectivity index (χ2v) is 9.98. The maximum absolute atomic E-state index is 4.69. The van der Waals surface area contributed by atoms with Gasteiger partial charge in [0.1, 0.15) is 11.4 Å². The Morgan fingerprint density at radius 3 is 1.37 bits per heavy atom. The fraction of sp³-hybridized carbons (Fsp3) is 0.467. The summed E-state index contributed by atoms with van der Waals surface area (Å²) in [6, 6.07) is 1.80. The summed E-state index contributed by atoms with van der Waals surface area (Å²) in [5.41, 5.74) is 4.24. The van der Waals surface area contributed by atoms with Crippen LogP contribution in [-0.2, 0) is 6.42 Å². The SMILES string of the molecule is CCCCCCCCCCCCc1cnc(-c2nc(-c3ncc(C)cn3)cc(-c3ncc(C)cn3)n2)nc1. The average Bonchev–Trinajstić information content (AvgIpc) is 2.95. The number of unbranched alkanes of at least 4 members (excludes halogenated alkanes) is 9. The summed E-state index contributed by atoms with van der Waals surface area (Å²) in [5.74, 6) is 1.87. The zero-order valence-electron chi connectivity index (χ0n) is 22.9. The van der Waals surface area contributed by atoms with Crippen molar-refractivity contribution in [1.29, 1.82) is 0 Å². The van der Waals surface area contributed by atoms with Gasteiger partial charge in [0.25, 0.3) is 0 Å². The van der Waals surface area contributed by atoms with Gasteiger partial charge in [0, 0.05) is 37.2 Å². The summed E-state index contributed by atoms with van der Waals surface area (Å²) in [5, 5.41) is 0. The normalized spacial score (nSPS) is 11.1. The lowest BCUT2D eigenvalue weighted by molar-refractivity contribution is 0.556. The van der Waals surface area contributed by atoms with Crippen molar-refractivity contribution in [3.63, 3.8) is 0 Å². The second-order valence-electron chi connectivity index (χ2n) is 9.98. The molecule has 0 saturated heterocycles. The van der Waals surface area contributed by atoms with Crippen LogP contribution in [-0.4, -0.2) is 39.9 Å². The number of hydrogen-bond donors (Lipinski definition) is 0. The summed E-state index contributed by atoms with van der Waals surface area (Å²) in [6.45, 7) is 6.17. The number of aryl methyl sites for hydroxylation is 3. The first-order valence-corrected chi connectivity index (χ1v) is 13.9. The van der Waals surface area contributed by atoms with Gasteiger partial charge in [0.2, 0.25) is 0 Å². The lowest BCUT2D eigenvalue weighted by atomic mass is 10.0. The highest BCUT2D eigenvalue weighted by Gasteiger charge is 2.15. The largest absolute Gasteiger partial charge is 0.235 e. The van der Waals surface area contributed by atoms with Crippen molar-refractivity contribution in [1.82, 2.24) is 39.9 Å². The molecule has 8 heteroatoms. The molecule has 0 amide bonds. The third kappa shape index (κ3) is 8.16. The molecule has 4 aromatic heterocycles. The van der Waals surface area contributed by atoms with Crippen LogP contribution in [0.15, 0.2) is 43.2 Å². The Balaban J connectivity index is 1.40. The van der Waals surface area contributed by atoms with Gasteiger partial charge in [-0.25, -0.2) is 39.9 Å². The summed E-state index contributed by atoms with van der Waals surface area (Å²) in [6.07, 6.45) is 25.1. The minimum Gasteiger partial charge on any atom is -0.235 e. The predicted octanol–water partition coefficient (Wildman–Crippen LogP) is 6.93. The van der Waals surface area contributed by atoms with Gasteiger partial charge < -0.3 is 0 Å². The van der Waals surface area contributed by atoms with Crippen molar-refractivity contribution in [3.05, 3.63) is 59.9 Å². The zero-order chi connectivity index (χ0) is 26.6. The van der Waals surface area contributed by atoms with Gasteiger partial charge in [-0.05, 0) is 49.4 Å². The zero-order valence-corrected chi connectivity index (χ0v) is 22.9. The Kier molecular flexibility index (Phi) is 10.3. The van der Waals surface area contributed by atoms with Gasteiger partial charge in [0.05, 0.1) is 0 Å². The van der Waals surface area contributed by atoms with Crippen LogP contribution in [0.5, 0.6) is 0 Å². The summed E-state index contributed by atoms with van der Waals surface area (Å²) >= 11 is 0. The number of aromatic nitrogens is 8. The van der Waals surface area contributed by atoms with E-state index in [1.807, 2.05) is 26.2 Å². The van der Waals surface area contributed by atoms with E-state index in [1.165, 1.54) is 57.8 Å². The standard InChI is InChI=1S/C30H38N8/c1-4-5-6-7-8-9-10-11-12-13-14-24-20-35-29(36-21-24)30-37-25(27-31-16-22(2)17-32-27)15-26(38-30)28-33-18-23(3)19-34-28/h15-21H,4-14H2,1-3H3. The number of hydrogen-bond acceptors (Lipinski definition) is 8. The van der Waals surface area contributed by atoms with Gasteiger partial charge in [-0.1, -0.05) is 64.7 Å². The van der Waals surface area contributed by atoms with Crippen LogP contribution in [0.4, 0.5) is 0 Å². The highest BCUT2D eigenvalue weighted by atomic mass is 15.0. The Morgan fingerprint density at radius 2 is 0.895 bits per heavy atom. The topological polar surface area (TPSA) is 103 Å². The molecule has 0 radical (unpaired) electrons. The van der Waals surface area contributed by atoms with E-state index in [0.29, 0.717) is 34.7 Å². The minimum atomic E-state index is 0.399. The monoisotopic (exact) mass is 510 g/mol. The van der Waals surface area contributed by atoms with Gasteiger partial charge in [-0.2, -0.15) is 0 Å². The van der Waals surface area contributed by atoms with Gasteiger partial charge >= 0.3 is 0 Å². The molecule has 0 fully saturated rings. The molecule has 0 atom stereocenters. The van der Waals surface area contributed by atoms with E-state index in [-0.39, 0.29) is 0 Å². The fourth-order valence-electron chi connectivity index (χ4n) is 4.24. The smallest absolute Gasteiger partial charge is 0.199 e. The molecule has 4 aromatic rings. The van der Waals surface area contributed by atoms with E-state index >= 15 is 0 Å². The van der Waals surface area contributed by atoms with E-state index < -0.39 is 0 Å². The summed E-state index contributed by atoms with van der Waals surface area (Å²) in [4.78, 5) is 36.3. The molecular weight excluding hydrogens is 472 g/mol. The van der Waals surface area contributed by atoms with Gasteiger partial charge in [0.15, 0.2) is 23.3 Å². The third-order valence-corrected chi connectivity index (χ3v) is 6.47. The van der Waals surface area contributed by atoms with E-state index in [4.69, 9.17) is 0 Å². The lowest BCUT2D eigenvalue weighted by Crippen LogP contribution is -2.03. The molecule has 0 unspecified atom stereocenters. The van der Waals surface area contributed by atoms with Crippen molar-refractivity contribution in [3.8, 4) is 34.7 Å². The summed E-state index contributed by atoms with van der Waals surface area (Å²) in [7, 11) is 0. The number of rotatable bonds is 14. The minimum absolute atomic E-state index is 0.399. The van der Waals surface area contributed by atoms with E-state index in [1.54, 1.807) is 30.9 Å². The molecule has 198 valence electrons. The molecule has 38 heavy (non-hydrogen) atoms. The van der Waals surface area contributed by atoms with E-state index in [9.17, 15) is 0 Å². The molecule has 0 N–H and O–H groups in total. The van der Waals surface area contributed by atoms with Crippen LogP contribution < -0.4 is 0 Å². The molecule has 0 saturated carbocycles. The molecular formula is C30H38N8. The molecule has 0 aromatic carbocycles. The maximum atomic E-state index is 4.69. The van der Waals surface area contributed by atoms with Crippen LogP contribution in [0, 0.1) is 13.8 Å². The predicted molar refractivity (Wildman–Crippen MR) is 150 cm³/mol. The third-order valence-electron chi connectivity index (χ3n) is 6.47. The summed E-state index contributed by atoms with van der Waals surface area (Å²) < 4.78 is 0. The van der Waals surface area contributed by atoms with Crippen LogP contribution >= 0.6 is 0 Å². The van der Waals surface area contributed by atoms with Crippen molar-refractivity contribution >= 4 is 0 Å². The van der Waals surface area contributed by atoms with Crippen molar-refractivity contribution < 1.29 is 0 Å². The highest BCUT2D eigenvalue weighted by Crippen LogP contribution is 2.23. The first-order valence-electron chi connectivity index (χ1n) is 13.9.